The molecular formula is C38H54N4O6. The van der Waals surface area contributed by atoms with Crippen LogP contribution in [0.15, 0.2) is 72.8 Å². The van der Waals surface area contributed by atoms with Gasteiger partial charge in [0.2, 0.25) is 17.7 Å². The molecular weight excluding hydrogens is 608 g/mol. The summed E-state index contributed by atoms with van der Waals surface area (Å²) in [5.41, 5.74) is 1.40. The summed E-state index contributed by atoms with van der Waals surface area (Å²) in [7, 11) is 0. The maximum atomic E-state index is 13.5. The highest BCUT2D eigenvalue weighted by Gasteiger charge is 2.31. The van der Waals surface area contributed by atoms with Gasteiger partial charge in [0, 0.05) is 25.0 Å². The first kappa shape index (κ1) is 38.3. The minimum absolute atomic E-state index is 0.00542. The molecule has 0 aromatic heterocycles. The Balaban J connectivity index is 1.63. The van der Waals surface area contributed by atoms with Gasteiger partial charge in [-0.15, -0.1) is 0 Å². The Morgan fingerprint density at radius 2 is 1.48 bits per heavy atom. The van der Waals surface area contributed by atoms with Crippen LogP contribution < -0.4 is 21.3 Å². The van der Waals surface area contributed by atoms with Crippen molar-refractivity contribution in [2.24, 2.45) is 5.92 Å². The number of aliphatic hydroxyl groups excluding tert-OH is 1. The van der Waals surface area contributed by atoms with Crippen molar-refractivity contribution in [3.63, 3.8) is 0 Å². The molecule has 4 amide bonds. The first-order valence-corrected chi connectivity index (χ1v) is 17.1. The molecule has 1 saturated carbocycles. The lowest BCUT2D eigenvalue weighted by Crippen LogP contribution is -2.56. The zero-order chi connectivity index (χ0) is 35.1. The van der Waals surface area contributed by atoms with E-state index in [1.807, 2.05) is 60.7 Å². The van der Waals surface area contributed by atoms with Gasteiger partial charge in [0.1, 0.15) is 17.7 Å². The standard InChI is InChI=1S/C38H54N4O6/c1-26(34(44)39-22-21-28-15-9-6-10-16-28)23-33(43)31(24-29-17-11-7-12-18-29)41-35(45)27(2)40-36(46)32(25-30-19-13-8-14-20-30)42-37(47)48-38(3,4)5/h6,8-10,13-16,19-20,27,29,31-33,43H,1,7,11-12,17-18,21-25H2,2-5H3,(H,39,44)(H,40,46)(H,41,45)(H,42,47)/t27-,31-,32-,33-/m0/s1. The third-order valence-electron chi connectivity index (χ3n) is 8.46. The van der Waals surface area contributed by atoms with Gasteiger partial charge in [0.25, 0.3) is 0 Å². The molecule has 0 radical (unpaired) electrons. The van der Waals surface area contributed by atoms with Crippen LogP contribution in [-0.4, -0.2) is 65.3 Å². The van der Waals surface area contributed by atoms with Gasteiger partial charge in [-0.1, -0.05) is 99.3 Å². The van der Waals surface area contributed by atoms with E-state index >= 15 is 0 Å². The quantitative estimate of drug-likeness (QED) is 0.164. The Hall–Kier alpha value is -4.18. The second kappa shape index (κ2) is 19.0. The smallest absolute Gasteiger partial charge is 0.408 e. The molecule has 1 aliphatic rings. The first-order chi connectivity index (χ1) is 22.8. The van der Waals surface area contributed by atoms with Gasteiger partial charge in [-0.25, -0.2) is 4.79 Å². The summed E-state index contributed by atoms with van der Waals surface area (Å²) < 4.78 is 5.38. The molecule has 0 bridgehead atoms. The summed E-state index contributed by atoms with van der Waals surface area (Å²) in [6.45, 7) is 11.1. The monoisotopic (exact) mass is 662 g/mol. The number of benzene rings is 2. The lowest BCUT2D eigenvalue weighted by atomic mass is 9.83. The molecule has 2 aromatic rings. The maximum absolute atomic E-state index is 13.5. The highest BCUT2D eigenvalue weighted by Crippen LogP contribution is 2.29. The Bertz CT molecular complexity index is 1340. The first-order valence-electron chi connectivity index (χ1n) is 17.1. The molecule has 0 unspecified atom stereocenters. The number of nitrogens with one attached hydrogen (secondary N) is 4. The van der Waals surface area contributed by atoms with Gasteiger partial charge in [-0.3, -0.25) is 14.4 Å². The summed E-state index contributed by atoms with van der Waals surface area (Å²) in [5, 5.41) is 22.5. The molecule has 48 heavy (non-hydrogen) atoms. The molecule has 0 heterocycles. The molecule has 10 heteroatoms. The summed E-state index contributed by atoms with van der Waals surface area (Å²) in [5.74, 6) is -1.03. The Morgan fingerprint density at radius 1 is 0.875 bits per heavy atom. The average Bonchev–Trinajstić information content (AvgIpc) is 3.04. The Morgan fingerprint density at radius 3 is 2.08 bits per heavy atom. The van der Waals surface area contributed by atoms with Gasteiger partial charge in [-0.05, 0) is 57.6 Å². The second-order valence-electron chi connectivity index (χ2n) is 13.8. The van der Waals surface area contributed by atoms with E-state index < -0.39 is 47.7 Å². The van der Waals surface area contributed by atoms with Crippen molar-refractivity contribution in [2.75, 3.05) is 6.54 Å². The van der Waals surface area contributed by atoms with Crippen LogP contribution >= 0.6 is 0 Å². The molecule has 4 atom stereocenters. The summed E-state index contributed by atoms with van der Waals surface area (Å²) in [6, 6.07) is 16.5. The van der Waals surface area contributed by atoms with Gasteiger partial charge in [-0.2, -0.15) is 0 Å². The molecule has 0 saturated heterocycles. The Labute approximate surface area is 285 Å². The van der Waals surface area contributed by atoms with Crippen molar-refractivity contribution in [3.8, 4) is 0 Å². The summed E-state index contributed by atoms with van der Waals surface area (Å²) in [4.78, 5) is 52.3. The van der Waals surface area contributed by atoms with Crippen LogP contribution in [0.25, 0.3) is 0 Å². The maximum Gasteiger partial charge on any atom is 0.408 e. The number of hydrogen-bond donors (Lipinski definition) is 5. The molecule has 0 aliphatic heterocycles. The largest absolute Gasteiger partial charge is 0.444 e. The lowest BCUT2D eigenvalue weighted by Gasteiger charge is -2.31. The minimum atomic E-state index is -1.05. The van der Waals surface area contributed by atoms with Gasteiger partial charge in [0.05, 0.1) is 12.1 Å². The number of carbonyl (C=O) groups is 4. The average molecular weight is 663 g/mol. The third kappa shape index (κ3) is 13.9. The third-order valence-corrected chi connectivity index (χ3v) is 8.46. The number of aliphatic hydroxyl groups is 1. The number of ether oxygens (including phenoxy) is 1. The van der Waals surface area contributed by atoms with E-state index in [9.17, 15) is 24.3 Å². The molecule has 0 spiro atoms. The molecule has 5 N–H and O–H groups in total. The van der Waals surface area contributed by atoms with Crippen molar-refractivity contribution in [3.05, 3.63) is 83.9 Å². The van der Waals surface area contributed by atoms with Crippen LogP contribution in [-0.2, 0) is 32.0 Å². The predicted octanol–water partition coefficient (Wildman–Crippen LogP) is 4.75. The number of alkyl carbamates (subject to hydrolysis) is 1. The zero-order valence-corrected chi connectivity index (χ0v) is 28.9. The van der Waals surface area contributed by atoms with Crippen molar-refractivity contribution in [1.82, 2.24) is 21.3 Å². The summed E-state index contributed by atoms with van der Waals surface area (Å²) >= 11 is 0. The van der Waals surface area contributed by atoms with Crippen LogP contribution in [0.2, 0.25) is 0 Å². The van der Waals surface area contributed by atoms with E-state index in [2.05, 4.69) is 27.8 Å². The normalized spacial score (nSPS) is 16.0. The van der Waals surface area contributed by atoms with Crippen LogP contribution in [0.1, 0.15) is 83.8 Å². The highest BCUT2D eigenvalue weighted by molar-refractivity contribution is 5.93. The topological polar surface area (TPSA) is 146 Å². The lowest BCUT2D eigenvalue weighted by molar-refractivity contribution is -0.130. The minimum Gasteiger partial charge on any atom is -0.444 e. The Kier molecular flexibility index (Phi) is 15.1. The SMILES string of the molecule is C=C(C[C@H](O)[C@H](CC1CCCCC1)NC(=O)[C@H](C)NC(=O)[C@H](Cc1ccccc1)NC(=O)OC(C)(C)C)C(=O)NCCc1ccccc1. The number of hydrogen-bond acceptors (Lipinski definition) is 6. The van der Waals surface area contributed by atoms with E-state index in [0.717, 1.165) is 36.8 Å². The van der Waals surface area contributed by atoms with Crippen LogP contribution in [0.5, 0.6) is 0 Å². The molecule has 1 fully saturated rings. The van der Waals surface area contributed by atoms with E-state index in [4.69, 9.17) is 4.74 Å². The highest BCUT2D eigenvalue weighted by atomic mass is 16.6. The van der Waals surface area contributed by atoms with Crippen molar-refractivity contribution in [1.29, 1.82) is 0 Å². The van der Waals surface area contributed by atoms with Gasteiger partial charge in [0.15, 0.2) is 0 Å². The van der Waals surface area contributed by atoms with Crippen molar-refractivity contribution in [2.45, 2.75) is 115 Å². The molecule has 3 rings (SSSR count). The second-order valence-corrected chi connectivity index (χ2v) is 13.8. The molecule has 10 nitrogen and oxygen atoms in total. The summed E-state index contributed by atoms with van der Waals surface area (Å²) in [6.07, 6.45) is 4.98. The van der Waals surface area contributed by atoms with Crippen molar-refractivity contribution >= 4 is 23.8 Å². The van der Waals surface area contributed by atoms with Gasteiger partial charge >= 0.3 is 6.09 Å². The van der Waals surface area contributed by atoms with E-state index in [1.165, 1.54) is 6.42 Å². The van der Waals surface area contributed by atoms with Crippen LogP contribution in [0.4, 0.5) is 4.79 Å². The fourth-order valence-corrected chi connectivity index (χ4v) is 5.87. The molecule has 2 aromatic carbocycles. The molecule has 1 aliphatic carbocycles. The van der Waals surface area contributed by atoms with Crippen LogP contribution in [0.3, 0.4) is 0 Å². The van der Waals surface area contributed by atoms with Crippen LogP contribution in [0, 0.1) is 5.92 Å². The number of amides is 4. The van der Waals surface area contributed by atoms with E-state index in [1.54, 1.807) is 27.7 Å². The van der Waals surface area contributed by atoms with Gasteiger partial charge < -0.3 is 31.1 Å². The number of rotatable bonds is 16. The predicted molar refractivity (Wildman–Crippen MR) is 187 cm³/mol. The van der Waals surface area contributed by atoms with E-state index in [0.29, 0.717) is 25.3 Å². The fourth-order valence-electron chi connectivity index (χ4n) is 5.87. The molecule has 262 valence electrons. The fraction of sp³-hybridized carbons (Fsp3) is 0.526. The number of carbonyl (C=O) groups excluding carboxylic acids is 4. The zero-order valence-electron chi connectivity index (χ0n) is 28.9. The van der Waals surface area contributed by atoms with Crippen molar-refractivity contribution < 1.29 is 29.0 Å². The van der Waals surface area contributed by atoms with E-state index in [-0.39, 0.29) is 24.3 Å².